The van der Waals surface area contributed by atoms with Crippen molar-refractivity contribution in [1.29, 1.82) is 0 Å². The molecule has 0 atom stereocenters. The van der Waals surface area contributed by atoms with Crippen molar-refractivity contribution < 1.29 is 5.21 Å². The van der Waals surface area contributed by atoms with Gasteiger partial charge in [-0.25, -0.2) is 4.68 Å². The minimum Gasteiger partial charge on any atom is -0.425 e. The van der Waals surface area contributed by atoms with E-state index in [0.717, 1.165) is 5.69 Å². The summed E-state index contributed by atoms with van der Waals surface area (Å²) in [6.45, 7) is 0. The van der Waals surface area contributed by atoms with Crippen LogP contribution in [-0.2, 0) is 0 Å². The molecule has 4 rings (SSSR count). The van der Waals surface area contributed by atoms with Gasteiger partial charge in [0.15, 0.2) is 0 Å². The van der Waals surface area contributed by atoms with E-state index in [-0.39, 0.29) is 0 Å². The number of hydrogen-bond acceptors (Lipinski definition) is 4. The highest BCUT2D eigenvalue weighted by Crippen LogP contribution is 2.21. The Hall–Kier alpha value is -3.41. The van der Waals surface area contributed by atoms with Gasteiger partial charge in [0.25, 0.3) is 5.56 Å². The third-order valence-electron chi connectivity index (χ3n) is 3.66. The van der Waals surface area contributed by atoms with E-state index in [4.69, 9.17) is 0 Å². The number of hydrogen-bond donors (Lipinski definition) is 1. The van der Waals surface area contributed by atoms with Crippen LogP contribution in [0, 0.1) is 0 Å². The molecule has 1 N–H and O–H groups in total. The summed E-state index contributed by atoms with van der Waals surface area (Å²) in [5, 5.41) is 14.8. The molecule has 3 heterocycles. The summed E-state index contributed by atoms with van der Waals surface area (Å²) < 4.78 is 2.28. The van der Waals surface area contributed by atoms with Crippen molar-refractivity contribution in [2.24, 2.45) is 0 Å². The van der Waals surface area contributed by atoms with Gasteiger partial charge >= 0.3 is 0 Å². The van der Waals surface area contributed by atoms with Gasteiger partial charge in [0.05, 0.1) is 28.5 Å². The molecule has 0 aliphatic carbocycles. The SMILES string of the molecule is O=c1c2cnn(-c3ccccc3)c2cc(-c2ccccn2)n1O. The average molecular weight is 304 g/mol. The Morgan fingerprint density at radius 3 is 2.52 bits per heavy atom. The van der Waals surface area contributed by atoms with E-state index in [2.05, 4.69) is 10.1 Å². The van der Waals surface area contributed by atoms with Crippen molar-refractivity contribution in [2.45, 2.75) is 0 Å². The lowest BCUT2D eigenvalue weighted by Gasteiger charge is -2.08. The van der Waals surface area contributed by atoms with Crippen LogP contribution >= 0.6 is 0 Å². The molecule has 6 nitrogen and oxygen atoms in total. The van der Waals surface area contributed by atoms with Crippen molar-refractivity contribution >= 4 is 10.9 Å². The topological polar surface area (TPSA) is 72.9 Å². The standard InChI is InChI=1S/C17H12N4O2/c22-17-13-11-19-20(12-6-2-1-3-7-12)15(13)10-16(21(17)23)14-8-4-5-9-18-14/h1-11,23H. The van der Waals surface area contributed by atoms with E-state index in [0.29, 0.717) is 27.0 Å². The van der Waals surface area contributed by atoms with E-state index in [9.17, 15) is 10.0 Å². The molecule has 0 fully saturated rings. The molecule has 0 saturated carbocycles. The molecule has 0 saturated heterocycles. The quantitative estimate of drug-likeness (QED) is 0.577. The van der Waals surface area contributed by atoms with Crippen LogP contribution in [0.25, 0.3) is 28.0 Å². The maximum atomic E-state index is 12.4. The van der Waals surface area contributed by atoms with Crippen molar-refractivity contribution in [1.82, 2.24) is 19.5 Å². The molecule has 0 bridgehead atoms. The molecule has 0 aliphatic heterocycles. The highest BCUT2D eigenvalue weighted by Gasteiger charge is 2.15. The lowest BCUT2D eigenvalue weighted by atomic mass is 10.2. The van der Waals surface area contributed by atoms with Crippen LogP contribution in [0.5, 0.6) is 0 Å². The monoisotopic (exact) mass is 304 g/mol. The zero-order valence-corrected chi connectivity index (χ0v) is 12.0. The third-order valence-corrected chi connectivity index (χ3v) is 3.66. The summed E-state index contributed by atoms with van der Waals surface area (Å²) >= 11 is 0. The number of para-hydroxylation sites is 1. The first-order chi connectivity index (χ1) is 11.3. The predicted octanol–water partition coefficient (Wildman–Crippen LogP) is 2.49. The molecule has 0 aliphatic rings. The fourth-order valence-corrected chi connectivity index (χ4v) is 2.55. The van der Waals surface area contributed by atoms with Gasteiger partial charge in [0.1, 0.15) is 5.69 Å². The van der Waals surface area contributed by atoms with Gasteiger partial charge in [-0.3, -0.25) is 9.78 Å². The number of fused-ring (bicyclic) bond motifs is 1. The van der Waals surface area contributed by atoms with Crippen LogP contribution in [0.4, 0.5) is 0 Å². The first kappa shape index (κ1) is 13.3. The predicted molar refractivity (Wildman–Crippen MR) is 85.7 cm³/mol. The Bertz CT molecular complexity index is 1040. The van der Waals surface area contributed by atoms with Crippen molar-refractivity contribution in [2.75, 3.05) is 0 Å². The second kappa shape index (κ2) is 5.10. The maximum absolute atomic E-state index is 12.4. The summed E-state index contributed by atoms with van der Waals surface area (Å²) in [5.74, 6) is 0. The molecule has 112 valence electrons. The Kier molecular flexibility index (Phi) is 2.94. The minimum atomic E-state index is -0.523. The second-order valence-corrected chi connectivity index (χ2v) is 5.05. The fraction of sp³-hybridized carbons (Fsp3) is 0. The van der Waals surface area contributed by atoms with Gasteiger partial charge < -0.3 is 5.21 Å². The number of rotatable bonds is 2. The van der Waals surface area contributed by atoms with Crippen LogP contribution in [0.1, 0.15) is 0 Å². The van der Waals surface area contributed by atoms with Gasteiger partial charge in [-0.2, -0.15) is 5.10 Å². The smallest absolute Gasteiger partial charge is 0.294 e. The molecule has 0 amide bonds. The van der Waals surface area contributed by atoms with Crippen molar-refractivity contribution in [3.8, 4) is 17.1 Å². The number of nitrogens with zero attached hydrogens (tertiary/aromatic N) is 4. The molecule has 0 spiro atoms. The number of benzene rings is 1. The molecule has 3 aromatic heterocycles. The first-order valence-corrected chi connectivity index (χ1v) is 7.05. The summed E-state index contributed by atoms with van der Waals surface area (Å²) in [6.07, 6.45) is 3.07. The molecular formula is C17H12N4O2. The van der Waals surface area contributed by atoms with Crippen LogP contribution in [0.15, 0.2) is 71.8 Å². The normalized spacial score (nSPS) is 11.0. The molecule has 1 aromatic carbocycles. The Morgan fingerprint density at radius 1 is 1.00 bits per heavy atom. The van der Waals surface area contributed by atoms with Crippen LogP contribution in [0.2, 0.25) is 0 Å². The van der Waals surface area contributed by atoms with E-state index in [1.54, 1.807) is 35.1 Å². The third kappa shape index (κ3) is 2.08. The largest absolute Gasteiger partial charge is 0.425 e. The van der Waals surface area contributed by atoms with Gasteiger partial charge in [0.2, 0.25) is 0 Å². The zero-order chi connectivity index (χ0) is 15.8. The second-order valence-electron chi connectivity index (χ2n) is 5.05. The highest BCUT2D eigenvalue weighted by molar-refractivity contribution is 5.82. The van der Waals surface area contributed by atoms with Gasteiger partial charge in [-0.1, -0.05) is 24.3 Å². The maximum Gasteiger partial charge on any atom is 0.294 e. The van der Waals surface area contributed by atoms with Crippen LogP contribution in [0.3, 0.4) is 0 Å². The van der Waals surface area contributed by atoms with Crippen molar-refractivity contribution in [3.63, 3.8) is 0 Å². The highest BCUT2D eigenvalue weighted by atomic mass is 16.5. The molecular weight excluding hydrogens is 292 g/mol. The summed E-state index contributed by atoms with van der Waals surface area (Å²) in [4.78, 5) is 16.6. The Balaban J connectivity index is 2.04. The minimum absolute atomic E-state index is 0.320. The lowest BCUT2D eigenvalue weighted by molar-refractivity contribution is 0.181. The van der Waals surface area contributed by atoms with Crippen LogP contribution in [-0.4, -0.2) is 24.7 Å². The zero-order valence-electron chi connectivity index (χ0n) is 12.0. The molecule has 0 unspecified atom stereocenters. The number of aromatic nitrogens is 4. The molecule has 6 heteroatoms. The van der Waals surface area contributed by atoms with Gasteiger partial charge in [0, 0.05) is 6.20 Å². The molecule has 23 heavy (non-hydrogen) atoms. The summed E-state index contributed by atoms with van der Waals surface area (Å²) in [6, 6.07) is 16.5. The molecule has 0 radical (unpaired) electrons. The average Bonchev–Trinajstić information content (AvgIpc) is 3.03. The fourth-order valence-electron chi connectivity index (χ4n) is 2.55. The summed E-state index contributed by atoms with van der Waals surface area (Å²) in [7, 11) is 0. The van der Waals surface area contributed by atoms with Crippen LogP contribution < -0.4 is 5.56 Å². The Morgan fingerprint density at radius 2 is 1.78 bits per heavy atom. The molecule has 4 aromatic rings. The summed E-state index contributed by atoms with van der Waals surface area (Å²) in [5.41, 5.74) is 1.76. The van der Waals surface area contributed by atoms with E-state index in [1.165, 1.54) is 6.20 Å². The lowest BCUT2D eigenvalue weighted by Crippen LogP contribution is -2.19. The van der Waals surface area contributed by atoms with Gasteiger partial charge in [-0.05, 0) is 30.3 Å². The van der Waals surface area contributed by atoms with Crippen molar-refractivity contribution in [3.05, 3.63) is 77.3 Å². The van der Waals surface area contributed by atoms with Gasteiger partial charge in [-0.15, -0.1) is 4.73 Å². The van der Waals surface area contributed by atoms with E-state index in [1.807, 2.05) is 30.3 Å². The number of pyridine rings is 2. The Labute approximate surface area is 130 Å². The van der Waals surface area contributed by atoms with E-state index < -0.39 is 5.56 Å². The van der Waals surface area contributed by atoms with E-state index >= 15 is 0 Å². The first-order valence-electron chi connectivity index (χ1n) is 7.05.